The van der Waals surface area contributed by atoms with Crippen LogP contribution in [0.3, 0.4) is 0 Å². The number of nitrogens with one attached hydrogen (secondary N) is 1. The summed E-state index contributed by atoms with van der Waals surface area (Å²) in [5, 5.41) is 3.19. The Kier molecular flexibility index (Phi) is 4.39. The number of nitrogens with zero attached hydrogens (tertiary/aromatic N) is 1. The molecule has 0 saturated heterocycles. The molecule has 1 aliphatic heterocycles. The number of nitrogens with two attached hydrogens (primary N) is 1. The first-order valence-electron chi connectivity index (χ1n) is 7.49. The van der Waals surface area contributed by atoms with Gasteiger partial charge in [0.1, 0.15) is 0 Å². The molecule has 0 amide bonds. The summed E-state index contributed by atoms with van der Waals surface area (Å²) in [6, 6.07) is 14.9. The van der Waals surface area contributed by atoms with Crippen molar-refractivity contribution in [2.75, 3.05) is 17.6 Å². The minimum atomic E-state index is 0.459. The van der Waals surface area contributed by atoms with E-state index < -0.39 is 0 Å². The summed E-state index contributed by atoms with van der Waals surface area (Å²) in [6.45, 7) is 4.89. The van der Waals surface area contributed by atoms with Crippen molar-refractivity contribution in [1.82, 2.24) is 0 Å². The van der Waals surface area contributed by atoms with E-state index >= 15 is 0 Å². The van der Waals surface area contributed by atoms with Crippen molar-refractivity contribution in [3.8, 4) is 0 Å². The van der Waals surface area contributed by atoms with E-state index in [1.165, 1.54) is 21.6 Å². The molecule has 1 atom stereocenters. The molecule has 0 fully saturated rings. The summed E-state index contributed by atoms with van der Waals surface area (Å²) in [5.74, 6) is 2.03. The van der Waals surface area contributed by atoms with E-state index in [0.29, 0.717) is 11.9 Å². The molecule has 1 heterocycles. The van der Waals surface area contributed by atoms with E-state index in [2.05, 4.69) is 66.6 Å². The number of guanidine groups is 1. The summed E-state index contributed by atoms with van der Waals surface area (Å²) in [5.41, 5.74) is 10.9. The highest BCUT2D eigenvalue weighted by Gasteiger charge is 2.22. The van der Waals surface area contributed by atoms with Crippen LogP contribution in [0.4, 0.5) is 5.69 Å². The van der Waals surface area contributed by atoms with Gasteiger partial charge in [-0.15, -0.1) is 11.8 Å². The van der Waals surface area contributed by atoms with Crippen LogP contribution in [-0.4, -0.2) is 18.3 Å². The number of rotatable bonds is 3. The Hall–Kier alpha value is -1.94. The van der Waals surface area contributed by atoms with Gasteiger partial charge in [-0.2, -0.15) is 0 Å². The van der Waals surface area contributed by atoms with Gasteiger partial charge in [-0.1, -0.05) is 24.3 Å². The minimum Gasteiger partial charge on any atom is -0.370 e. The molecule has 2 aromatic carbocycles. The van der Waals surface area contributed by atoms with Gasteiger partial charge in [-0.25, -0.2) is 0 Å². The summed E-state index contributed by atoms with van der Waals surface area (Å²) in [4.78, 5) is 5.91. The number of aryl methyl sites for hydroxylation is 2. The van der Waals surface area contributed by atoms with Crippen LogP contribution in [0.15, 0.2) is 52.4 Å². The Morgan fingerprint density at radius 3 is 2.73 bits per heavy atom. The van der Waals surface area contributed by atoms with Crippen LogP contribution in [0.1, 0.15) is 22.6 Å². The zero-order valence-corrected chi connectivity index (χ0v) is 13.8. The van der Waals surface area contributed by atoms with Gasteiger partial charge < -0.3 is 11.1 Å². The number of thioether (sulfide) groups is 1. The SMILES string of the molecule is Cc1cc(C)cc(NC(N)=NCC2CSc3ccccc32)c1. The number of aliphatic imine (C=N–C) groups is 1. The van der Waals surface area contributed by atoms with Crippen LogP contribution in [0.25, 0.3) is 0 Å². The van der Waals surface area contributed by atoms with Gasteiger partial charge in [0, 0.05) is 22.3 Å². The standard InChI is InChI=1S/C18H21N3S/c1-12-7-13(2)9-15(8-12)21-18(19)20-10-14-11-22-17-6-4-3-5-16(14)17/h3-9,14H,10-11H2,1-2H3,(H3,19,20,21). The molecule has 1 unspecified atom stereocenters. The zero-order valence-electron chi connectivity index (χ0n) is 13.0. The molecule has 0 saturated carbocycles. The summed E-state index contributed by atoms with van der Waals surface area (Å²) >= 11 is 1.91. The molecule has 114 valence electrons. The molecule has 0 spiro atoms. The molecule has 22 heavy (non-hydrogen) atoms. The van der Waals surface area contributed by atoms with Crippen molar-refractivity contribution in [2.24, 2.45) is 10.7 Å². The van der Waals surface area contributed by atoms with Crippen molar-refractivity contribution in [3.63, 3.8) is 0 Å². The first kappa shape index (κ1) is 15.0. The number of hydrogen-bond acceptors (Lipinski definition) is 2. The molecule has 3 nitrogen and oxygen atoms in total. The van der Waals surface area contributed by atoms with Crippen molar-refractivity contribution in [2.45, 2.75) is 24.7 Å². The monoisotopic (exact) mass is 311 g/mol. The maximum Gasteiger partial charge on any atom is 0.193 e. The fourth-order valence-electron chi connectivity index (χ4n) is 2.82. The normalized spacial score (nSPS) is 17.4. The fourth-order valence-corrected chi connectivity index (χ4v) is 4.07. The lowest BCUT2D eigenvalue weighted by Gasteiger charge is -2.10. The van der Waals surface area contributed by atoms with E-state index in [0.717, 1.165) is 18.0 Å². The van der Waals surface area contributed by atoms with Crippen LogP contribution in [-0.2, 0) is 0 Å². The molecule has 4 heteroatoms. The lowest BCUT2D eigenvalue weighted by Crippen LogP contribution is -2.23. The Morgan fingerprint density at radius 2 is 1.95 bits per heavy atom. The molecular weight excluding hydrogens is 290 g/mol. The van der Waals surface area contributed by atoms with Crippen LogP contribution in [0.5, 0.6) is 0 Å². The second-order valence-electron chi connectivity index (χ2n) is 5.77. The van der Waals surface area contributed by atoms with Crippen LogP contribution < -0.4 is 11.1 Å². The predicted molar refractivity (Wildman–Crippen MR) is 95.9 cm³/mol. The van der Waals surface area contributed by atoms with Crippen LogP contribution >= 0.6 is 11.8 Å². The van der Waals surface area contributed by atoms with Crippen molar-refractivity contribution >= 4 is 23.4 Å². The lowest BCUT2D eigenvalue weighted by atomic mass is 10.0. The molecule has 2 aromatic rings. The number of fused-ring (bicyclic) bond motifs is 1. The largest absolute Gasteiger partial charge is 0.370 e. The average Bonchev–Trinajstić information content (AvgIpc) is 2.87. The Morgan fingerprint density at radius 1 is 1.23 bits per heavy atom. The first-order chi connectivity index (χ1) is 10.6. The highest BCUT2D eigenvalue weighted by atomic mass is 32.2. The van der Waals surface area contributed by atoms with E-state index in [9.17, 15) is 0 Å². The highest BCUT2D eigenvalue weighted by Crippen LogP contribution is 2.39. The zero-order chi connectivity index (χ0) is 15.5. The third kappa shape index (κ3) is 3.45. The van der Waals surface area contributed by atoms with Gasteiger partial charge in [0.15, 0.2) is 5.96 Å². The number of anilines is 1. The summed E-state index contributed by atoms with van der Waals surface area (Å²) in [7, 11) is 0. The number of hydrogen-bond donors (Lipinski definition) is 2. The van der Waals surface area contributed by atoms with E-state index in [-0.39, 0.29) is 0 Å². The van der Waals surface area contributed by atoms with Gasteiger partial charge in [-0.05, 0) is 48.7 Å². The average molecular weight is 311 g/mol. The van der Waals surface area contributed by atoms with Gasteiger partial charge in [-0.3, -0.25) is 4.99 Å². The third-order valence-electron chi connectivity index (χ3n) is 3.77. The molecule has 3 N–H and O–H groups in total. The summed E-state index contributed by atoms with van der Waals surface area (Å²) < 4.78 is 0. The Labute approximate surface area is 136 Å². The Bertz CT molecular complexity index is 689. The van der Waals surface area contributed by atoms with E-state index in [1.807, 2.05) is 11.8 Å². The molecule has 0 aromatic heterocycles. The maximum absolute atomic E-state index is 6.04. The maximum atomic E-state index is 6.04. The van der Waals surface area contributed by atoms with Crippen LogP contribution in [0, 0.1) is 13.8 Å². The molecule has 1 aliphatic rings. The molecule has 0 radical (unpaired) electrons. The van der Waals surface area contributed by atoms with E-state index in [1.54, 1.807) is 0 Å². The Balaban J connectivity index is 1.66. The quantitative estimate of drug-likeness (QED) is 0.667. The van der Waals surface area contributed by atoms with Gasteiger partial charge in [0.25, 0.3) is 0 Å². The van der Waals surface area contributed by atoms with Gasteiger partial charge in [0.2, 0.25) is 0 Å². The second-order valence-corrected chi connectivity index (χ2v) is 6.83. The van der Waals surface area contributed by atoms with Gasteiger partial charge >= 0.3 is 0 Å². The first-order valence-corrected chi connectivity index (χ1v) is 8.47. The minimum absolute atomic E-state index is 0.459. The molecule has 0 bridgehead atoms. The topological polar surface area (TPSA) is 50.4 Å². The molecule has 3 rings (SSSR count). The van der Waals surface area contributed by atoms with Gasteiger partial charge in [0.05, 0.1) is 6.54 Å². The van der Waals surface area contributed by atoms with E-state index in [4.69, 9.17) is 5.73 Å². The number of benzene rings is 2. The van der Waals surface area contributed by atoms with Crippen LogP contribution in [0.2, 0.25) is 0 Å². The second kappa shape index (κ2) is 6.44. The predicted octanol–water partition coefficient (Wildman–Crippen LogP) is 3.92. The molecular formula is C18H21N3S. The summed E-state index contributed by atoms with van der Waals surface area (Å²) in [6.07, 6.45) is 0. The third-order valence-corrected chi connectivity index (χ3v) is 5.03. The van der Waals surface area contributed by atoms with Crippen molar-refractivity contribution in [1.29, 1.82) is 0 Å². The smallest absolute Gasteiger partial charge is 0.193 e. The van der Waals surface area contributed by atoms with Crippen molar-refractivity contribution < 1.29 is 0 Å². The lowest BCUT2D eigenvalue weighted by molar-refractivity contribution is 0.787. The molecule has 0 aliphatic carbocycles. The fraction of sp³-hybridized carbons (Fsp3) is 0.278. The highest BCUT2D eigenvalue weighted by molar-refractivity contribution is 7.99. The van der Waals surface area contributed by atoms with Crippen molar-refractivity contribution in [3.05, 3.63) is 59.2 Å².